The summed E-state index contributed by atoms with van der Waals surface area (Å²) in [4.78, 5) is 19.8. The molecule has 2 heterocycles. The Morgan fingerprint density at radius 3 is 2.65 bits per heavy atom. The molecule has 0 amide bonds. The van der Waals surface area contributed by atoms with Gasteiger partial charge in [-0.15, -0.1) is 0 Å². The van der Waals surface area contributed by atoms with Crippen LogP contribution in [0.1, 0.15) is 47.3 Å². The molecule has 0 bridgehead atoms. The van der Waals surface area contributed by atoms with Gasteiger partial charge in [0.05, 0.1) is 34.8 Å². The van der Waals surface area contributed by atoms with Crippen LogP contribution >= 0.6 is 0 Å². The number of anilines is 2. The molecule has 4 N–H and O–H groups in total. The van der Waals surface area contributed by atoms with Gasteiger partial charge in [-0.25, -0.2) is 18.2 Å². The number of hydrogen-bond acceptors (Lipinski definition) is 7. The normalized spacial score (nSPS) is 14.2. The van der Waals surface area contributed by atoms with Crippen molar-refractivity contribution in [3.05, 3.63) is 41.3 Å². The maximum Gasteiger partial charge on any atom is 0.339 e. The minimum atomic E-state index is -3.45. The molecule has 8 nitrogen and oxygen atoms in total. The molecule has 1 saturated carbocycles. The topological polar surface area (TPSA) is 135 Å². The first kappa shape index (κ1) is 18.1. The van der Waals surface area contributed by atoms with Crippen LogP contribution in [0.25, 0.3) is 0 Å². The number of nitrogens with two attached hydrogens (primary N) is 1. The molecule has 9 heteroatoms. The Morgan fingerprint density at radius 2 is 2.04 bits per heavy atom. The molecule has 2 aromatic rings. The molecule has 1 aliphatic carbocycles. The van der Waals surface area contributed by atoms with Crippen molar-refractivity contribution in [2.24, 2.45) is 0 Å². The van der Waals surface area contributed by atoms with Crippen molar-refractivity contribution in [1.82, 2.24) is 9.97 Å². The van der Waals surface area contributed by atoms with Crippen LogP contribution in [-0.2, 0) is 16.4 Å². The van der Waals surface area contributed by atoms with Crippen LogP contribution in [0.4, 0.5) is 11.5 Å². The number of aromatic carboxylic acids is 1. The molecular weight excluding hydrogens is 356 g/mol. The van der Waals surface area contributed by atoms with Gasteiger partial charge in [0, 0.05) is 6.20 Å². The quantitative estimate of drug-likeness (QED) is 0.668. The van der Waals surface area contributed by atoms with Gasteiger partial charge in [0.1, 0.15) is 11.4 Å². The zero-order valence-corrected chi connectivity index (χ0v) is 15.1. The molecule has 26 heavy (non-hydrogen) atoms. The maximum atomic E-state index is 12.5. The average Bonchev–Trinajstić information content (AvgIpc) is 3.45. The highest BCUT2D eigenvalue weighted by Crippen LogP contribution is 2.40. The summed E-state index contributed by atoms with van der Waals surface area (Å²) in [6.07, 6.45) is 5.12. The van der Waals surface area contributed by atoms with Gasteiger partial charge in [0.25, 0.3) is 0 Å². The third-order valence-electron chi connectivity index (χ3n) is 4.28. The number of aromatic nitrogens is 2. The van der Waals surface area contributed by atoms with Crippen molar-refractivity contribution in [2.45, 2.75) is 37.1 Å². The van der Waals surface area contributed by atoms with E-state index < -0.39 is 15.8 Å². The largest absolute Gasteiger partial charge is 0.478 e. The number of carboxylic acid groups (broad SMARTS) is 1. The second-order valence-electron chi connectivity index (χ2n) is 6.21. The SMILES string of the molecule is CCS(=O)(=O)c1cc(C2CC2)cnc1CNc1ncc(N)cc1C(=O)O. The third kappa shape index (κ3) is 3.77. The first-order valence-corrected chi connectivity index (χ1v) is 9.91. The highest BCUT2D eigenvalue weighted by atomic mass is 32.2. The van der Waals surface area contributed by atoms with Crippen LogP contribution in [0.2, 0.25) is 0 Å². The summed E-state index contributed by atoms with van der Waals surface area (Å²) < 4.78 is 24.9. The summed E-state index contributed by atoms with van der Waals surface area (Å²) in [5.74, 6) is -0.714. The Morgan fingerprint density at radius 1 is 1.31 bits per heavy atom. The van der Waals surface area contributed by atoms with E-state index in [1.165, 1.54) is 12.3 Å². The molecule has 0 aromatic carbocycles. The van der Waals surface area contributed by atoms with Gasteiger partial charge in [-0.05, 0) is 36.5 Å². The molecule has 0 unspecified atom stereocenters. The summed E-state index contributed by atoms with van der Waals surface area (Å²) in [7, 11) is -3.45. The summed E-state index contributed by atoms with van der Waals surface area (Å²) in [6.45, 7) is 1.62. The zero-order valence-electron chi connectivity index (χ0n) is 14.3. The van der Waals surface area contributed by atoms with Crippen LogP contribution in [0.5, 0.6) is 0 Å². The van der Waals surface area contributed by atoms with Crippen LogP contribution in [0.3, 0.4) is 0 Å². The average molecular weight is 376 g/mol. The molecule has 0 aliphatic heterocycles. The predicted octanol–water partition coefficient (Wildman–Crippen LogP) is 2.04. The van der Waals surface area contributed by atoms with E-state index in [2.05, 4.69) is 15.3 Å². The number of pyridine rings is 2. The lowest BCUT2D eigenvalue weighted by molar-refractivity contribution is 0.0697. The van der Waals surface area contributed by atoms with E-state index in [1.807, 2.05) is 0 Å². The van der Waals surface area contributed by atoms with Crippen molar-refractivity contribution >= 4 is 27.3 Å². The Labute approximate surface area is 151 Å². The minimum Gasteiger partial charge on any atom is -0.478 e. The van der Waals surface area contributed by atoms with Crippen LogP contribution < -0.4 is 11.1 Å². The van der Waals surface area contributed by atoms with Crippen LogP contribution in [0.15, 0.2) is 29.4 Å². The first-order valence-electron chi connectivity index (χ1n) is 8.26. The van der Waals surface area contributed by atoms with Crippen molar-refractivity contribution in [2.75, 3.05) is 16.8 Å². The van der Waals surface area contributed by atoms with E-state index in [1.54, 1.807) is 19.2 Å². The molecule has 0 saturated heterocycles. The number of nitrogen functional groups attached to an aromatic ring is 1. The van der Waals surface area contributed by atoms with Gasteiger partial charge in [-0.2, -0.15) is 0 Å². The van der Waals surface area contributed by atoms with Gasteiger partial charge < -0.3 is 16.2 Å². The standard InChI is InChI=1S/C17H20N4O4S/c1-2-26(24,25)15-5-11(10-3-4-10)7-19-14(15)9-21-16-13(17(22)23)6-12(18)8-20-16/h5-8,10H,2-4,9,18H2,1H3,(H,20,21)(H,22,23). The number of carboxylic acids is 1. The van der Waals surface area contributed by atoms with Crippen molar-refractivity contribution in [1.29, 1.82) is 0 Å². The fraction of sp³-hybridized carbons (Fsp3) is 0.353. The highest BCUT2D eigenvalue weighted by Gasteiger charge is 2.27. The molecule has 3 rings (SSSR count). The number of rotatable bonds is 7. The molecular formula is C17H20N4O4S. The van der Waals surface area contributed by atoms with E-state index in [4.69, 9.17) is 5.73 Å². The summed E-state index contributed by atoms with van der Waals surface area (Å²) in [5, 5.41) is 12.1. The molecule has 0 radical (unpaired) electrons. The van der Waals surface area contributed by atoms with E-state index in [0.29, 0.717) is 11.6 Å². The second kappa shape index (κ2) is 6.91. The molecule has 1 fully saturated rings. The van der Waals surface area contributed by atoms with Crippen molar-refractivity contribution < 1.29 is 18.3 Å². The Balaban J connectivity index is 1.92. The molecule has 138 valence electrons. The Kier molecular flexibility index (Phi) is 4.82. The predicted molar refractivity (Wildman–Crippen MR) is 96.9 cm³/mol. The lowest BCUT2D eigenvalue weighted by Crippen LogP contribution is -2.14. The smallest absolute Gasteiger partial charge is 0.339 e. The first-order chi connectivity index (χ1) is 12.3. The van der Waals surface area contributed by atoms with Gasteiger partial charge >= 0.3 is 5.97 Å². The van der Waals surface area contributed by atoms with Crippen LogP contribution in [-0.4, -0.2) is 35.2 Å². The number of nitrogens with zero attached hydrogens (tertiary/aromatic N) is 2. The van der Waals surface area contributed by atoms with Gasteiger partial charge in [0.2, 0.25) is 0 Å². The minimum absolute atomic E-state index is 0.0315. The lowest BCUT2D eigenvalue weighted by Gasteiger charge is -2.13. The Hall–Kier alpha value is -2.68. The molecule has 0 spiro atoms. The highest BCUT2D eigenvalue weighted by molar-refractivity contribution is 7.91. The molecule has 2 aromatic heterocycles. The zero-order chi connectivity index (χ0) is 18.9. The van der Waals surface area contributed by atoms with E-state index in [-0.39, 0.29) is 34.3 Å². The van der Waals surface area contributed by atoms with Gasteiger partial charge in [-0.1, -0.05) is 6.92 Å². The summed E-state index contributed by atoms with van der Waals surface area (Å²) >= 11 is 0. The van der Waals surface area contributed by atoms with Gasteiger partial charge in [0.15, 0.2) is 9.84 Å². The number of sulfone groups is 1. The maximum absolute atomic E-state index is 12.5. The fourth-order valence-corrected chi connectivity index (χ4v) is 3.75. The number of carbonyl (C=O) groups is 1. The van der Waals surface area contributed by atoms with E-state index in [9.17, 15) is 18.3 Å². The third-order valence-corrected chi connectivity index (χ3v) is 6.06. The van der Waals surface area contributed by atoms with E-state index in [0.717, 1.165) is 18.4 Å². The molecule has 1 aliphatic rings. The van der Waals surface area contributed by atoms with Gasteiger partial charge in [-0.3, -0.25) is 4.98 Å². The fourth-order valence-electron chi connectivity index (χ4n) is 2.64. The summed E-state index contributed by atoms with van der Waals surface area (Å²) in [5.41, 5.74) is 6.99. The van der Waals surface area contributed by atoms with E-state index >= 15 is 0 Å². The number of nitrogens with one attached hydrogen (secondary N) is 1. The second-order valence-corrected chi connectivity index (χ2v) is 8.46. The lowest BCUT2D eigenvalue weighted by atomic mass is 10.2. The molecule has 0 atom stereocenters. The van der Waals surface area contributed by atoms with Crippen molar-refractivity contribution in [3.63, 3.8) is 0 Å². The monoisotopic (exact) mass is 376 g/mol. The van der Waals surface area contributed by atoms with Crippen LogP contribution in [0, 0.1) is 0 Å². The number of hydrogen-bond donors (Lipinski definition) is 3. The van der Waals surface area contributed by atoms with Crippen molar-refractivity contribution in [3.8, 4) is 0 Å². The summed E-state index contributed by atoms with van der Waals surface area (Å²) in [6, 6.07) is 2.99. The Bertz CT molecular complexity index is 955.